The van der Waals surface area contributed by atoms with Crippen LogP contribution >= 0.6 is 23.1 Å². The number of rotatable bonds is 10. The van der Waals surface area contributed by atoms with Crippen molar-refractivity contribution in [2.24, 2.45) is 0 Å². The van der Waals surface area contributed by atoms with Gasteiger partial charge in [-0.25, -0.2) is 9.78 Å². The Bertz CT molecular complexity index is 810. The highest BCUT2D eigenvalue weighted by Crippen LogP contribution is 2.25. The SMILES string of the molecule is O=C(O)c1csc(SCCN2C(=O)CC[C@@H]2CNc2ccc(CCO)cc2)n1. The van der Waals surface area contributed by atoms with Crippen molar-refractivity contribution in [1.29, 1.82) is 0 Å². The van der Waals surface area contributed by atoms with Gasteiger partial charge in [-0.15, -0.1) is 11.3 Å². The summed E-state index contributed by atoms with van der Waals surface area (Å²) >= 11 is 2.79. The number of hydrogen-bond acceptors (Lipinski definition) is 7. The lowest BCUT2D eigenvalue weighted by atomic mass is 10.1. The number of anilines is 1. The zero-order chi connectivity index (χ0) is 19.9. The average Bonchev–Trinajstić information content (AvgIpc) is 3.29. The number of nitrogens with zero attached hydrogens (tertiary/aromatic N) is 2. The van der Waals surface area contributed by atoms with Crippen LogP contribution in [-0.4, -0.2) is 63.5 Å². The van der Waals surface area contributed by atoms with Gasteiger partial charge in [0.1, 0.15) is 0 Å². The lowest BCUT2D eigenvalue weighted by molar-refractivity contribution is -0.128. The van der Waals surface area contributed by atoms with Gasteiger partial charge in [-0.05, 0) is 30.5 Å². The minimum absolute atomic E-state index is 0.0665. The van der Waals surface area contributed by atoms with Crippen LogP contribution in [0.3, 0.4) is 0 Å². The number of aromatic nitrogens is 1. The first kappa shape index (κ1) is 20.6. The van der Waals surface area contributed by atoms with Crippen molar-refractivity contribution in [3.8, 4) is 0 Å². The Kier molecular flexibility index (Phi) is 7.30. The molecular weight excluding hydrogens is 398 g/mol. The molecule has 2 heterocycles. The van der Waals surface area contributed by atoms with Gasteiger partial charge in [-0.2, -0.15) is 0 Å². The number of likely N-dealkylation sites (tertiary alicyclic amines) is 1. The highest BCUT2D eigenvalue weighted by molar-refractivity contribution is 8.01. The molecule has 1 aliphatic heterocycles. The first-order chi connectivity index (χ1) is 13.6. The first-order valence-corrected chi connectivity index (χ1v) is 11.0. The number of amides is 1. The molecule has 3 N–H and O–H groups in total. The summed E-state index contributed by atoms with van der Waals surface area (Å²) in [5, 5.41) is 22.8. The fourth-order valence-corrected chi connectivity index (χ4v) is 4.93. The summed E-state index contributed by atoms with van der Waals surface area (Å²) in [7, 11) is 0. The number of nitrogens with one attached hydrogen (secondary N) is 1. The number of benzene rings is 1. The fraction of sp³-hybridized carbons (Fsp3) is 0.421. The topological polar surface area (TPSA) is 103 Å². The van der Waals surface area contributed by atoms with Crippen LogP contribution in [0.4, 0.5) is 5.69 Å². The van der Waals surface area contributed by atoms with Gasteiger partial charge in [0.05, 0.1) is 0 Å². The Morgan fingerprint density at radius 3 is 2.82 bits per heavy atom. The van der Waals surface area contributed by atoms with E-state index in [2.05, 4.69) is 10.3 Å². The van der Waals surface area contributed by atoms with Crippen LogP contribution in [0.2, 0.25) is 0 Å². The molecule has 1 saturated heterocycles. The molecule has 2 aromatic rings. The number of carboxylic acid groups (broad SMARTS) is 1. The molecule has 0 saturated carbocycles. The van der Waals surface area contributed by atoms with Crippen LogP contribution < -0.4 is 5.32 Å². The third-order valence-electron chi connectivity index (χ3n) is 4.61. The van der Waals surface area contributed by atoms with Crippen LogP contribution in [0.15, 0.2) is 34.0 Å². The third-order valence-corrected chi connectivity index (χ3v) is 6.61. The van der Waals surface area contributed by atoms with E-state index in [-0.39, 0.29) is 24.2 Å². The quantitative estimate of drug-likeness (QED) is 0.507. The Morgan fingerprint density at radius 2 is 2.14 bits per heavy atom. The van der Waals surface area contributed by atoms with Gasteiger partial charge in [0.25, 0.3) is 0 Å². The molecule has 0 aliphatic carbocycles. The van der Waals surface area contributed by atoms with Crippen molar-refractivity contribution in [3.05, 3.63) is 40.9 Å². The maximum Gasteiger partial charge on any atom is 0.355 e. The molecule has 3 rings (SSSR count). The molecule has 0 spiro atoms. The van der Waals surface area contributed by atoms with E-state index in [0.717, 1.165) is 17.7 Å². The Hall–Kier alpha value is -2.10. The van der Waals surface area contributed by atoms with Gasteiger partial charge in [-0.3, -0.25) is 4.79 Å². The van der Waals surface area contributed by atoms with E-state index in [4.69, 9.17) is 10.2 Å². The lowest BCUT2D eigenvalue weighted by Gasteiger charge is -2.25. The molecule has 0 unspecified atom stereocenters. The number of aromatic carboxylic acids is 1. The molecule has 28 heavy (non-hydrogen) atoms. The number of aliphatic hydroxyl groups is 1. The summed E-state index contributed by atoms with van der Waals surface area (Å²) in [6.45, 7) is 1.45. The zero-order valence-electron chi connectivity index (χ0n) is 15.3. The second-order valence-electron chi connectivity index (χ2n) is 6.48. The van der Waals surface area contributed by atoms with Crippen LogP contribution in [0.5, 0.6) is 0 Å². The molecule has 1 aliphatic rings. The van der Waals surface area contributed by atoms with Gasteiger partial charge in [0.2, 0.25) is 5.91 Å². The summed E-state index contributed by atoms with van der Waals surface area (Å²) < 4.78 is 0.710. The minimum atomic E-state index is -1.02. The number of hydrogen-bond donors (Lipinski definition) is 3. The Balaban J connectivity index is 1.47. The van der Waals surface area contributed by atoms with Crippen LogP contribution in [0, 0.1) is 0 Å². The Morgan fingerprint density at radius 1 is 1.36 bits per heavy atom. The zero-order valence-corrected chi connectivity index (χ0v) is 17.0. The number of thioether (sulfide) groups is 1. The number of carbonyl (C=O) groups is 2. The molecule has 1 aromatic heterocycles. The van der Waals surface area contributed by atoms with Gasteiger partial charge >= 0.3 is 5.97 Å². The van der Waals surface area contributed by atoms with E-state index in [9.17, 15) is 9.59 Å². The fourth-order valence-electron chi connectivity index (χ4n) is 3.12. The van der Waals surface area contributed by atoms with Gasteiger partial charge < -0.3 is 20.4 Å². The highest BCUT2D eigenvalue weighted by atomic mass is 32.2. The molecule has 1 fully saturated rings. The molecule has 1 amide bonds. The van der Waals surface area contributed by atoms with Gasteiger partial charge in [-0.1, -0.05) is 23.9 Å². The molecule has 0 radical (unpaired) electrons. The van der Waals surface area contributed by atoms with Gasteiger partial charge in [0.15, 0.2) is 10.0 Å². The second kappa shape index (κ2) is 9.90. The van der Waals surface area contributed by atoms with E-state index in [0.29, 0.717) is 36.0 Å². The molecule has 0 bridgehead atoms. The third kappa shape index (κ3) is 5.46. The standard InChI is InChI=1S/C19H23N3O4S2/c23-9-7-13-1-3-14(4-2-13)20-11-15-5-6-17(24)22(15)8-10-27-19-21-16(12-28-19)18(25)26/h1-4,12,15,20,23H,5-11H2,(H,25,26)/t15-/m1/s1. The lowest BCUT2D eigenvalue weighted by Crippen LogP contribution is -2.39. The van der Waals surface area contributed by atoms with Crippen LogP contribution in [-0.2, 0) is 11.2 Å². The normalized spacial score (nSPS) is 16.5. The predicted molar refractivity (Wildman–Crippen MR) is 110 cm³/mol. The maximum atomic E-state index is 12.2. The minimum Gasteiger partial charge on any atom is -0.476 e. The van der Waals surface area contributed by atoms with Crippen molar-refractivity contribution in [3.63, 3.8) is 0 Å². The summed E-state index contributed by atoms with van der Waals surface area (Å²) in [6.07, 6.45) is 2.04. The molecule has 1 aromatic carbocycles. The van der Waals surface area contributed by atoms with Crippen LogP contribution in [0.25, 0.3) is 0 Å². The van der Waals surface area contributed by atoms with Crippen molar-refractivity contribution < 1.29 is 19.8 Å². The molecule has 1 atom stereocenters. The molecule has 9 heteroatoms. The number of carboxylic acids is 1. The van der Waals surface area contributed by atoms with E-state index < -0.39 is 5.97 Å². The van der Waals surface area contributed by atoms with Crippen LogP contribution in [0.1, 0.15) is 28.9 Å². The van der Waals surface area contributed by atoms with E-state index >= 15 is 0 Å². The van der Waals surface area contributed by atoms with E-state index in [1.54, 1.807) is 0 Å². The summed E-state index contributed by atoms with van der Waals surface area (Å²) in [6, 6.07) is 8.11. The molecule has 7 nitrogen and oxygen atoms in total. The van der Waals surface area contributed by atoms with Crippen molar-refractivity contribution in [2.75, 3.05) is 30.8 Å². The molecular formula is C19H23N3O4S2. The average molecular weight is 422 g/mol. The summed E-state index contributed by atoms with van der Waals surface area (Å²) in [5.41, 5.74) is 2.16. The monoisotopic (exact) mass is 421 g/mol. The first-order valence-electron chi connectivity index (χ1n) is 9.11. The van der Waals surface area contributed by atoms with Gasteiger partial charge in [0, 0.05) is 49.0 Å². The number of carbonyl (C=O) groups excluding carboxylic acids is 1. The second-order valence-corrected chi connectivity index (χ2v) is 8.68. The maximum absolute atomic E-state index is 12.2. The Labute approximate surface area is 171 Å². The number of aliphatic hydroxyl groups excluding tert-OH is 1. The summed E-state index contributed by atoms with van der Waals surface area (Å²) in [5.74, 6) is -0.172. The molecule has 150 valence electrons. The highest BCUT2D eigenvalue weighted by Gasteiger charge is 2.30. The van der Waals surface area contributed by atoms with Crippen molar-refractivity contribution >= 4 is 40.7 Å². The smallest absolute Gasteiger partial charge is 0.355 e. The van der Waals surface area contributed by atoms with Crippen molar-refractivity contribution in [2.45, 2.75) is 29.6 Å². The largest absolute Gasteiger partial charge is 0.476 e. The predicted octanol–water partition coefficient (Wildman–Crippen LogP) is 2.57. The number of thiazole rings is 1. The van der Waals surface area contributed by atoms with E-state index in [1.165, 1.54) is 28.5 Å². The summed E-state index contributed by atoms with van der Waals surface area (Å²) in [4.78, 5) is 29.1. The van der Waals surface area contributed by atoms with E-state index in [1.807, 2.05) is 29.2 Å². The van der Waals surface area contributed by atoms with Crippen molar-refractivity contribution in [1.82, 2.24) is 9.88 Å².